The zero-order chi connectivity index (χ0) is 46.6. The topological polar surface area (TPSA) is 157 Å². The molecule has 15 nitrogen and oxygen atoms in total. The second kappa shape index (κ2) is 17.8. The number of pyridine rings is 2. The summed E-state index contributed by atoms with van der Waals surface area (Å²) >= 11 is 0. The maximum absolute atomic E-state index is 14.0. The summed E-state index contributed by atoms with van der Waals surface area (Å²) < 4.78 is 3.59. The van der Waals surface area contributed by atoms with E-state index in [2.05, 4.69) is 101 Å². The van der Waals surface area contributed by atoms with Crippen molar-refractivity contribution in [2.75, 3.05) is 58.1 Å². The Morgan fingerprint density at radius 2 is 1.80 bits per heavy atom. The van der Waals surface area contributed by atoms with Gasteiger partial charge in [0.2, 0.25) is 5.91 Å². The van der Waals surface area contributed by atoms with E-state index < -0.39 is 6.61 Å². The van der Waals surface area contributed by atoms with Crippen LogP contribution in [0.3, 0.4) is 0 Å². The predicted octanol–water partition coefficient (Wildman–Crippen LogP) is 6.88. The summed E-state index contributed by atoms with van der Waals surface area (Å²) in [5.74, 6) is 1.37. The number of carbonyl (C=O) groups excluding carboxylic acids is 2. The number of anilines is 6. The zero-order valence-corrected chi connectivity index (χ0v) is 39.3. The predicted molar refractivity (Wildman–Crippen MR) is 261 cm³/mol. The van der Waals surface area contributed by atoms with E-state index in [0.29, 0.717) is 70.8 Å². The third kappa shape index (κ3) is 8.50. The van der Waals surface area contributed by atoms with Crippen LogP contribution in [0.25, 0.3) is 11.3 Å². The molecule has 5 aromatic rings. The second-order valence-electron chi connectivity index (χ2n) is 19.7. The van der Waals surface area contributed by atoms with Crippen LogP contribution >= 0.6 is 0 Å². The summed E-state index contributed by atoms with van der Waals surface area (Å²) in [6.07, 6.45) is 8.46. The van der Waals surface area contributed by atoms with Crippen LogP contribution in [-0.2, 0) is 37.8 Å². The van der Waals surface area contributed by atoms with Gasteiger partial charge < -0.3 is 34.7 Å². The van der Waals surface area contributed by atoms with Crippen molar-refractivity contribution < 1.29 is 14.7 Å². The Morgan fingerprint density at radius 3 is 2.55 bits per heavy atom. The number of rotatable bonds is 11. The number of amides is 2. The largest absolute Gasteiger partial charge is 0.392 e. The number of piperazine rings is 1. The number of hydrogen-bond acceptors (Lipinski definition) is 11. The molecule has 2 amide bonds. The Morgan fingerprint density at radius 1 is 0.985 bits per heavy atom. The summed E-state index contributed by atoms with van der Waals surface area (Å²) in [6, 6.07) is 16.8. The van der Waals surface area contributed by atoms with Gasteiger partial charge >= 0.3 is 0 Å². The number of fused-ring (bicyclic) bond motifs is 3. The minimum atomic E-state index is -0.397. The summed E-state index contributed by atoms with van der Waals surface area (Å²) in [7, 11) is 1.65. The molecule has 2 saturated heterocycles. The number of aliphatic hydroxyl groups excluding tert-OH is 1. The summed E-state index contributed by atoms with van der Waals surface area (Å²) in [4.78, 5) is 64.1. The van der Waals surface area contributed by atoms with Crippen molar-refractivity contribution in [3.63, 3.8) is 0 Å². The van der Waals surface area contributed by atoms with Gasteiger partial charge in [-0.2, -0.15) is 0 Å². The van der Waals surface area contributed by atoms with Gasteiger partial charge in [0.15, 0.2) is 5.82 Å². The maximum atomic E-state index is 14.0. The lowest BCUT2D eigenvalue weighted by Crippen LogP contribution is -2.58. The monoisotopic (exact) mass is 894 g/mol. The van der Waals surface area contributed by atoms with Crippen molar-refractivity contribution in [1.29, 1.82) is 0 Å². The first-order valence-electron chi connectivity index (χ1n) is 23.4. The van der Waals surface area contributed by atoms with Gasteiger partial charge in [-0.1, -0.05) is 40.3 Å². The highest BCUT2D eigenvalue weighted by Crippen LogP contribution is 2.41. The molecule has 7 heterocycles. The molecule has 3 aliphatic heterocycles. The fourth-order valence-corrected chi connectivity index (χ4v) is 10.7. The van der Waals surface area contributed by atoms with Crippen molar-refractivity contribution >= 4 is 46.3 Å². The number of nitrogens with zero attached hydrogens (tertiary/aromatic N) is 9. The molecule has 0 saturated carbocycles. The third-order valence-electron chi connectivity index (χ3n) is 14.1. The maximum Gasteiger partial charge on any atom is 0.293 e. The number of carbonyl (C=O) groups is 2. The molecule has 346 valence electrons. The molecule has 3 N–H and O–H groups in total. The Bertz CT molecular complexity index is 2760. The van der Waals surface area contributed by atoms with Crippen molar-refractivity contribution in [2.45, 2.75) is 104 Å². The third-order valence-corrected chi connectivity index (χ3v) is 14.1. The molecule has 0 bridgehead atoms. The lowest BCUT2D eigenvalue weighted by atomic mass is 9.90. The number of aromatic nitrogens is 5. The van der Waals surface area contributed by atoms with Gasteiger partial charge in [0.1, 0.15) is 17.3 Å². The molecule has 1 aromatic carbocycles. The normalized spacial score (nSPS) is 20.7. The number of hydrogen-bond donors (Lipinski definition) is 3. The van der Waals surface area contributed by atoms with Crippen LogP contribution in [0.1, 0.15) is 93.3 Å². The Hall–Kier alpha value is -6.32. The summed E-state index contributed by atoms with van der Waals surface area (Å²) in [6.45, 7) is 21.3. The van der Waals surface area contributed by atoms with Crippen LogP contribution < -0.4 is 30.9 Å². The molecular formula is C51H63N11O4. The highest BCUT2D eigenvalue weighted by Gasteiger charge is 2.38. The summed E-state index contributed by atoms with van der Waals surface area (Å²) in [5, 5.41) is 17.1. The SMILES string of the molecule is C=CC(=O)Nc1cc(Nc2nc(-c3ccnc(N4CCn5c(cc6c5CC(C)(C)C6)C4=O)c3CO)cn(C)c2=O)ccc1N1CCN(C2CCN(c3cccc(C(C)C)n3)[C@@H](C)C2)C[C@@H]1C. The average molecular weight is 894 g/mol. The molecule has 66 heavy (non-hydrogen) atoms. The van der Waals surface area contributed by atoms with Gasteiger partial charge in [-0.25, -0.2) is 15.0 Å². The molecule has 15 heteroatoms. The standard InChI is InChI=1S/C51H63N11O4/c1-9-46(64)55-40-25-35(13-14-42(40)59-20-19-58(28-33(59)5)36-16-18-60(32(4)23-36)45-12-10-11-39(54-45)31(2)3)53-47-50(66)57(8)29-41(56-47)37-15-17-52-48(38(37)30-63)62-22-21-61-43(49(62)65)24-34-26-51(6,7)27-44(34)61/h9-15,17,24-25,29,31-33,36,63H,1,16,18-23,26-28,30H2,2-8H3,(H,53,56)(H,55,64)/t32-,33-,36?/m0/s1. The van der Waals surface area contributed by atoms with Crippen molar-refractivity contribution in [3.05, 3.63) is 112 Å². The van der Waals surface area contributed by atoms with Gasteiger partial charge in [0.05, 0.1) is 23.7 Å². The van der Waals surface area contributed by atoms with Crippen LogP contribution in [0.15, 0.2) is 78.4 Å². The highest BCUT2D eigenvalue weighted by atomic mass is 16.3. The average Bonchev–Trinajstić information content (AvgIpc) is 3.79. The fraction of sp³-hybridized carbons (Fsp3) is 0.451. The summed E-state index contributed by atoms with van der Waals surface area (Å²) in [5.41, 5.74) is 7.44. The van der Waals surface area contributed by atoms with Gasteiger partial charge in [-0.15, -0.1) is 0 Å². The molecule has 0 radical (unpaired) electrons. The van der Waals surface area contributed by atoms with Crippen LogP contribution in [0.4, 0.5) is 34.5 Å². The molecule has 1 aliphatic carbocycles. The van der Waals surface area contributed by atoms with E-state index in [1.807, 2.05) is 24.3 Å². The molecule has 4 aliphatic rings. The second-order valence-corrected chi connectivity index (χ2v) is 19.7. The molecule has 0 spiro atoms. The van der Waals surface area contributed by atoms with E-state index in [1.165, 1.54) is 21.9 Å². The highest BCUT2D eigenvalue weighted by molar-refractivity contribution is 6.06. The van der Waals surface area contributed by atoms with E-state index >= 15 is 0 Å². The lowest BCUT2D eigenvalue weighted by molar-refractivity contribution is -0.111. The van der Waals surface area contributed by atoms with Gasteiger partial charge in [0.25, 0.3) is 11.5 Å². The first kappa shape index (κ1) is 44.9. The van der Waals surface area contributed by atoms with E-state index in [0.717, 1.165) is 69.1 Å². The molecule has 3 atom stereocenters. The fourth-order valence-electron chi connectivity index (χ4n) is 10.7. The van der Waals surface area contributed by atoms with Gasteiger partial charge in [-0.05, 0) is 105 Å². The molecule has 4 aromatic heterocycles. The van der Waals surface area contributed by atoms with Crippen LogP contribution in [0, 0.1) is 5.41 Å². The molecule has 9 rings (SSSR count). The first-order valence-corrected chi connectivity index (χ1v) is 23.4. The van der Waals surface area contributed by atoms with Crippen LogP contribution in [0.2, 0.25) is 0 Å². The number of aliphatic hydroxyl groups is 1. The number of piperidine rings is 1. The Labute approximate surface area is 387 Å². The minimum absolute atomic E-state index is 0.0565. The van der Waals surface area contributed by atoms with E-state index in [4.69, 9.17) is 9.97 Å². The lowest BCUT2D eigenvalue weighted by Gasteiger charge is -2.48. The van der Waals surface area contributed by atoms with E-state index in [9.17, 15) is 19.5 Å². The number of aryl methyl sites for hydroxylation is 1. The molecule has 1 unspecified atom stereocenters. The van der Waals surface area contributed by atoms with E-state index in [1.54, 1.807) is 30.4 Å². The van der Waals surface area contributed by atoms with Crippen molar-refractivity contribution in [2.24, 2.45) is 12.5 Å². The number of nitrogens with one attached hydrogen (secondary N) is 2. The smallest absolute Gasteiger partial charge is 0.293 e. The van der Waals surface area contributed by atoms with Gasteiger partial charge in [0, 0.05) is 105 Å². The molecule has 2 fully saturated rings. The van der Waals surface area contributed by atoms with Crippen molar-refractivity contribution in [1.82, 2.24) is 29.0 Å². The Balaban J connectivity index is 0.928. The Kier molecular flexibility index (Phi) is 12.1. The molecular weight excluding hydrogens is 831 g/mol. The number of benzene rings is 1. The van der Waals surface area contributed by atoms with Crippen molar-refractivity contribution in [3.8, 4) is 11.3 Å². The minimum Gasteiger partial charge on any atom is -0.392 e. The van der Waals surface area contributed by atoms with Crippen LogP contribution in [-0.4, -0.2) is 96.8 Å². The van der Waals surface area contributed by atoms with E-state index in [-0.39, 0.29) is 34.6 Å². The quantitative estimate of drug-likeness (QED) is 0.119. The van der Waals surface area contributed by atoms with Crippen LogP contribution in [0.5, 0.6) is 0 Å². The zero-order valence-electron chi connectivity index (χ0n) is 39.3. The van der Waals surface area contributed by atoms with Gasteiger partial charge in [-0.3, -0.25) is 24.2 Å². The first-order chi connectivity index (χ1) is 31.6.